The zero-order valence-corrected chi connectivity index (χ0v) is 10.6. The zero-order chi connectivity index (χ0) is 12.8. The van der Waals surface area contributed by atoms with E-state index in [1.165, 1.54) is 0 Å². The van der Waals surface area contributed by atoms with E-state index in [0.29, 0.717) is 17.2 Å². The number of methoxy groups -OCH3 is 3. The Kier molecular flexibility index (Phi) is 4.84. The SMILES string of the molecule is COc1cc(OC)c(/C(C)=C\CO)c(OC)c1. The van der Waals surface area contributed by atoms with Gasteiger partial charge in [-0.05, 0) is 12.5 Å². The number of hydrogen-bond donors (Lipinski definition) is 1. The molecular weight excluding hydrogens is 220 g/mol. The topological polar surface area (TPSA) is 47.9 Å². The van der Waals surface area contributed by atoms with Gasteiger partial charge in [-0.3, -0.25) is 0 Å². The molecule has 0 spiro atoms. The van der Waals surface area contributed by atoms with Gasteiger partial charge in [0.25, 0.3) is 0 Å². The largest absolute Gasteiger partial charge is 0.496 e. The van der Waals surface area contributed by atoms with Gasteiger partial charge in [0.15, 0.2) is 0 Å². The predicted molar refractivity (Wildman–Crippen MR) is 66.8 cm³/mol. The molecule has 0 bridgehead atoms. The van der Waals surface area contributed by atoms with E-state index in [0.717, 1.165) is 11.1 Å². The van der Waals surface area contributed by atoms with Crippen LogP contribution in [-0.4, -0.2) is 33.0 Å². The van der Waals surface area contributed by atoms with Crippen LogP contribution >= 0.6 is 0 Å². The molecule has 1 N–H and O–H groups in total. The van der Waals surface area contributed by atoms with Gasteiger partial charge in [-0.2, -0.15) is 0 Å². The van der Waals surface area contributed by atoms with E-state index < -0.39 is 0 Å². The van der Waals surface area contributed by atoms with Gasteiger partial charge in [0.2, 0.25) is 0 Å². The molecule has 0 aliphatic rings. The van der Waals surface area contributed by atoms with Crippen molar-refractivity contribution < 1.29 is 19.3 Å². The fraction of sp³-hybridized carbons (Fsp3) is 0.385. The molecule has 0 aliphatic heterocycles. The summed E-state index contributed by atoms with van der Waals surface area (Å²) in [5, 5.41) is 8.94. The zero-order valence-electron chi connectivity index (χ0n) is 10.6. The number of ether oxygens (including phenoxy) is 3. The normalized spacial score (nSPS) is 11.2. The molecule has 0 amide bonds. The number of benzene rings is 1. The van der Waals surface area contributed by atoms with Gasteiger partial charge in [-0.15, -0.1) is 0 Å². The van der Waals surface area contributed by atoms with Crippen molar-refractivity contribution in [3.05, 3.63) is 23.8 Å². The van der Waals surface area contributed by atoms with Crippen LogP contribution in [0.2, 0.25) is 0 Å². The fourth-order valence-corrected chi connectivity index (χ4v) is 1.63. The van der Waals surface area contributed by atoms with E-state index in [2.05, 4.69) is 0 Å². The van der Waals surface area contributed by atoms with Crippen molar-refractivity contribution in [2.24, 2.45) is 0 Å². The summed E-state index contributed by atoms with van der Waals surface area (Å²) in [6.45, 7) is 1.87. The van der Waals surface area contributed by atoms with E-state index in [4.69, 9.17) is 19.3 Å². The third kappa shape index (κ3) is 2.91. The quantitative estimate of drug-likeness (QED) is 0.853. The summed E-state index contributed by atoms with van der Waals surface area (Å²) in [5.74, 6) is 1.98. The van der Waals surface area contributed by atoms with Gasteiger partial charge in [-0.1, -0.05) is 6.08 Å². The summed E-state index contributed by atoms with van der Waals surface area (Å²) in [6, 6.07) is 3.57. The molecule has 0 aliphatic carbocycles. The second-order valence-corrected chi connectivity index (χ2v) is 3.48. The van der Waals surface area contributed by atoms with Crippen molar-refractivity contribution in [3.8, 4) is 17.2 Å². The monoisotopic (exact) mass is 238 g/mol. The number of aliphatic hydroxyl groups excluding tert-OH is 1. The molecule has 17 heavy (non-hydrogen) atoms. The molecule has 0 radical (unpaired) electrons. The molecule has 0 unspecified atom stereocenters. The molecule has 1 aromatic carbocycles. The number of allylic oxidation sites excluding steroid dienone is 1. The second kappa shape index (κ2) is 6.15. The Morgan fingerprint density at radius 1 is 1.12 bits per heavy atom. The van der Waals surface area contributed by atoms with Gasteiger partial charge in [0.05, 0.1) is 33.5 Å². The summed E-state index contributed by atoms with van der Waals surface area (Å²) in [6.07, 6.45) is 1.70. The van der Waals surface area contributed by atoms with Gasteiger partial charge in [0.1, 0.15) is 17.2 Å². The Morgan fingerprint density at radius 3 is 2.00 bits per heavy atom. The summed E-state index contributed by atoms with van der Waals surface area (Å²) < 4.78 is 15.8. The molecule has 0 atom stereocenters. The van der Waals surface area contributed by atoms with Crippen molar-refractivity contribution in [1.82, 2.24) is 0 Å². The Morgan fingerprint density at radius 2 is 1.65 bits per heavy atom. The number of aliphatic hydroxyl groups is 1. The first-order valence-corrected chi connectivity index (χ1v) is 5.25. The molecule has 4 heteroatoms. The Labute approximate surface area is 101 Å². The number of hydrogen-bond acceptors (Lipinski definition) is 4. The van der Waals surface area contributed by atoms with E-state index in [1.807, 2.05) is 6.92 Å². The van der Waals surface area contributed by atoms with Gasteiger partial charge >= 0.3 is 0 Å². The lowest BCUT2D eigenvalue weighted by atomic mass is 10.0. The van der Waals surface area contributed by atoms with Crippen molar-refractivity contribution >= 4 is 5.57 Å². The Hall–Kier alpha value is -1.68. The minimum absolute atomic E-state index is 0.0236. The van der Waals surface area contributed by atoms with Crippen molar-refractivity contribution in [2.75, 3.05) is 27.9 Å². The van der Waals surface area contributed by atoms with Crippen LogP contribution in [0.4, 0.5) is 0 Å². The van der Waals surface area contributed by atoms with E-state index in [9.17, 15) is 0 Å². The van der Waals surface area contributed by atoms with Crippen LogP contribution in [0.15, 0.2) is 18.2 Å². The molecule has 0 heterocycles. The van der Waals surface area contributed by atoms with Crippen LogP contribution in [-0.2, 0) is 0 Å². The average Bonchev–Trinajstić information content (AvgIpc) is 2.37. The van der Waals surface area contributed by atoms with Crippen molar-refractivity contribution in [3.63, 3.8) is 0 Å². The highest BCUT2D eigenvalue weighted by Crippen LogP contribution is 2.38. The third-order valence-corrected chi connectivity index (χ3v) is 2.51. The van der Waals surface area contributed by atoms with Crippen LogP contribution in [0.5, 0.6) is 17.2 Å². The third-order valence-electron chi connectivity index (χ3n) is 2.51. The van der Waals surface area contributed by atoms with Gasteiger partial charge in [-0.25, -0.2) is 0 Å². The van der Waals surface area contributed by atoms with Crippen molar-refractivity contribution in [1.29, 1.82) is 0 Å². The minimum Gasteiger partial charge on any atom is -0.496 e. The first-order valence-electron chi connectivity index (χ1n) is 5.25. The van der Waals surface area contributed by atoms with Crippen LogP contribution < -0.4 is 14.2 Å². The first kappa shape index (κ1) is 13.4. The molecule has 0 saturated heterocycles. The lowest BCUT2D eigenvalue weighted by Crippen LogP contribution is -1.97. The maximum absolute atomic E-state index is 8.94. The second-order valence-electron chi connectivity index (χ2n) is 3.48. The predicted octanol–water partition coefficient (Wildman–Crippen LogP) is 2.11. The standard InChI is InChI=1S/C13H18O4/c1-9(5-6-14)13-11(16-3)7-10(15-2)8-12(13)17-4/h5,7-8,14H,6H2,1-4H3/b9-5-. The van der Waals surface area contributed by atoms with E-state index in [-0.39, 0.29) is 6.61 Å². The maximum atomic E-state index is 8.94. The summed E-state index contributed by atoms with van der Waals surface area (Å²) in [4.78, 5) is 0. The lowest BCUT2D eigenvalue weighted by molar-refractivity contribution is 0.343. The summed E-state index contributed by atoms with van der Waals surface area (Å²) >= 11 is 0. The molecule has 94 valence electrons. The minimum atomic E-state index is -0.0236. The van der Waals surface area contributed by atoms with Crippen LogP contribution in [0.25, 0.3) is 5.57 Å². The number of rotatable bonds is 5. The smallest absolute Gasteiger partial charge is 0.133 e. The van der Waals surface area contributed by atoms with Crippen molar-refractivity contribution in [2.45, 2.75) is 6.92 Å². The molecule has 1 rings (SSSR count). The maximum Gasteiger partial charge on any atom is 0.133 e. The van der Waals surface area contributed by atoms with Crippen LogP contribution in [0.1, 0.15) is 12.5 Å². The van der Waals surface area contributed by atoms with Crippen LogP contribution in [0.3, 0.4) is 0 Å². The van der Waals surface area contributed by atoms with Crippen LogP contribution in [0, 0.1) is 0 Å². The lowest BCUT2D eigenvalue weighted by Gasteiger charge is -2.15. The summed E-state index contributed by atoms with van der Waals surface area (Å²) in [5.41, 5.74) is 1.72. The highest BCUT2D eigenvalue weighted by Gasteiger charge is 2.14. The highest BCUT2D eigenvalue weighted by atomic mass is 16.5. The van der Waals surface area contributed by atoms with E-state index in [1.54, 1.807) is 39.5 Å². The molecule has 0 fully saturated rings. The van der Waals surface area contributed by atoms with Gasteiger partial charge < -0.3 is 19.3 Å². The molecule has 0 aromatic heterocycles. The fourth-order valence-electron chi connectivity index (χ4n) is 1.63. The first-order chi connectivity index (χ1) is 8.17. The average molecular weight is 238 g/mol. The van der Waals surface area contributed by atoms with E-state index >= 15 is 0 Å². The Balaban J connectivity index is 3.39. The summed E-state index contributed by atoms with van der Waals surface area (Å²) in [7, 11) is 4.76. The van der Waals surface area contributed by atoms with Gasteiger partial charge in [0, 0.05) is 12.1 Å². The Bertz CT molecular complexity index is 385. The molecule has 4 nitrogen and oxygen atoms in total. The highest BCUT2D eigenvalue weighted by molar-refractivity contribution is 5.75. The molecular formula is C13H18O4. The molecule has 0 saturated carbocycles. The molecule has 1 aromatic rings.